The van der Waals surface area contributed by atoms with E-state index in [0.29, 0.717) is 21.9 Å². The van der Waals surface area contributed by atoms with E-state index in [0.717, 1.165) is 11.5 Å². The van der Waals surface area contributed by atoms with Gasteiger partial charge in [-0.3, -0.25) is 9.59 Å². The summed E-state index contributed by atoms with van der Waals surface area (Å²) >= 11 is 1.05. The molecule has 13 nitrogen and oxygen atoms in total. The fourth-order valence-corrected chi connectivity index (χ4v) is 4.03. The Morgan fingerprint density at radius 1 is 1.22 bits per heavy atom. The number of fused-ring (bicyclic) bond motifs is 1. The van der Waals surface area contributed by atoms with E-state index >= 15 is 0 Å². The molecule has 5 aromatic rings. The number of aromatic nitrogens is 6. The Morgan fingerprint density at radius 2 is 2.00 bits per heavy atom. The van der Waals surface area contributed by atoms with Gasteiger partial charge >= 0.3 is 0 Å². The Labute approximate surface area is 212 Å². The summed E-state index contributed by atoms with van der Waals surface area (Å²) in [6.07, 6.45) is 1.29. The molecule has 3 N–H and O–H groups in total. The zero-order valence-corrected chi connectivity index (χ0v) is 19.8. The third kappa shape index (κ3) is 4.66. The van der Waals surface area contributed by atoms with E-state index < -0.39 is 17.5 Å². The van der Waals surface area contributed by atoms with Crippen molar-refractivity contribution >= 4 is 39.8 Å². The summed E-state index contributed by atoms with van der Waals surface area (Å²) in [4.78, 5) is 37.3. The van der Waals surface area contributed by atoms with Crippen LogP contribution in [0.3, 0.4) is 0 Å². The number of hydrogen-bond donors (Lipinski definition) is 3. The lowest BCUT2D eigenvalue weighted by atomic mass is 10.2. The smallest absolute Gasteiger partial charge is 0.259 e. The highest BCUT2D eigenvalue weighted by molar-refractivity contribution is 7.08. The summed E-state index contributed by atoms with van der Waals surface area (Å²) in [5.74, 6) is -0.461. The molecule has 1 amide bonds. The molecule has 5 rings (SSSR count). The fourth-order valence-electron chi connectivity index (χ4n) is 3.39. The van der Waals surface area contributed by atoms with Crippen molar-refractivity contribution in [3.8, 4) is 17.0 Å². The number of nitriles is 1. The molecule has 0 aliphatic carbocycles. The van der Waals surface area contributed by atoms with Gasteiger partial charge in [0.15, 0.2) is 5.82 Å². The predicted octanol–water partition coefficient (Wildman–Crippen LogP) is 3.31. The molecule has 0 saturated heterocycles. The van der Waals surface area contributed by atoms with Crippen LogP contribution in [0.2, 0.25) is 0 Å². The van der Waals surface area contributed by atoms with Crippen LogP contribution in [0.25, 0.3) is 16.0 Å². The Kier molecular flexibility index (Phi) is 6.18. The molecular formula is C23H16N10O3S. The van der Waals surface area contributed by atoms with Crippen molar-refractivity contribution < 1.29 is 9.90 Å². The minimum absolute atomic E-state index is 0.0159. The van der Waals surface area contributed by atoms with Crippen LogP contribution in [0.1, 0.15) is 23.3 Å². The number of azo groups is 1. The van der Waals surface area contributed by atoms with Crippen molar-refractivity contribution in [2.75, 3.05) is 5.32 Å². The topological polar surface area (TPSA) is 187 Å². The van der Waals surface area contributed by atoms with Gasteiger partial charge in [0.05, 0.1) is 22.8 Å². The second kappa shape index (κ2) is 9.76. The molecule has 37 heavy (non-hydrogen) atoms. The molecule has 1 unspecified atom stereocenters. The van der Waals surface area contributed by atoms with Gasteiger partial charge in [-0.05, 0) is 31.2 Å². The van der Waals surface area contributed by atoms with E-state index in [-0.39, 0.29) is 28.6 Å². The number of phenolic OH excluding ortho intramolecular Hbond substituents is 1. The van der Waals surface area contributed by atoms with Gasteiger partial charge in [0, 0.05) is 11.5 Å². The third-order valence-electron chi connectivity index (χ3n) is 5.13. The van der Waals surface area contributed by atoms with Crippen molar-refractivity contribution in [1.29, 1.82) is 5.26 Å². The standard InChI is InChI=1S/C23H16N10O3S/c1-12-26-23(37-32-12)33-20(13(10-24)11-25-33)31-30-18(22(36)28-16-8-4-5-9-17(16)34)19-27-15-7-3-2-6-14(15)21(35)29-19/h2-9,11,18,34H,1H3,(H,28,36)(H,27,29,35). The normalized spacial score (nSPS) is 12.0. The number of aryl methyl sites for hydroxylation is 1. The lowest BCUT2D eigenvalue weighted by Crippen LogP contribution is -2.24. The molecular weight excluding hydrogens is 496 g/mol. The maximum absolute atomic E-state index is 13.3. The molecule has 0 radical (unpaired) electrons. The van der Waals surface area contributed by atoms with Crippen LogP contribution in [0.4, 0.5) is 11.5 Å². The maximum atomic E-state index is 13.3. The largest absolute Gasteiger partial charge is 0.506 e. The van der Waals surface area contributed by atoms with Crippen LogP contribution in [-0.2, 0) is 4.79 Å². The molecule has 182 valence electrons. The number of aromatic hydroxyl groups is 1. The number of anilines is 1. The summed E-state index contributed by atoms with van der Waals surface area (Å²) in [5, 5.41) is 35.4. The Hall–Kier alpha value is -5.29. The molecule has 0 spiro atoms. The number of aromatic amines is 1. The van der Waals surface area contributed by atoms with Gasteiger partial charge in [-0.1, -0.05) is 24.3 Å². The van der Waals surface area contributed by atoms with Crippen molar-refractivity contribution in [2.45, 2.75) is 13.0 Å². The van der Waals surface area contributed by atoms with E-state index in [2.05, 4.69) is 40.0 Å². The molecule has 3 aromatic heterocycles. The quantitative estimate of drug-likeness (QED) is 0.228. The number of carbonyl (C=O) groups is 1. The first kappa shape index (κ1) is 23.5. The number of benzene rings is 2. The molecule has 3 heterocycles. The van der Waals surface area contributed by atoms with Crippen molar-refractivity contribution in [3.63, 3.8) is 0 Å². The van der Waals surface area contributed by atoms with Crippen molar-refractivity contribution in [1.82, 2.24) is 29.1 Å². The van der Waals surface area contributed by atoms with E-state index in [9.17, 15) is 20.0 Å². The average Bonchev–Trinajstić information content (AvgIpc) is 3.51. The number of para-hydroxylation sites is 3. The third-order valence-corrected chi connectivity index (χ3v) is 5.91. The second-order valence-corrected chi connectivity index (χ2v) is 8.35. The minimum atomic E-state index is -1.46. The van der Waals surface area contributed by atoms with Gasteiger partial charge in [0.2, 0.25) is 11.2 Å². The highest BCUT2D eigenvalue weighted by Gasteiger charge is 2.26. The van der Waals surface area contributed by atoms with Gasteiger partial charge in [-0.15, -0.1) is 5.11 Å². The average molecular weight is 513 g/mol. The highest BCUT2D eigenvalue weighted by atomic mass is 32.1. The van der Waals surface area contributed by atoms with Crippen LogP contribution in [-0.4, -0.2) is 40.1 Å². The van der Waals surface area contributed by atoms with Crippen LogP contribution in [0.5, 0.6) is 5.75 Å². The fraction of sp³-hybridized carbons (Fsp3) is 0.0870. The zero-order valence-electron chi connectivity index (χ0n) is 19.0. The SMILES string of the molecule is Cc1nsc(-n2ncc(C#N)c2N=NC(C(=O)Nc2ccccc2O)c2nc3ccccc3c(=O)[nH]2)n1. The van der Waals surface area contributed by atoms with Crippen LogP contribution < -0.4 is 10.9 Å². The lowest BCUT2D eigenvalue weighted by molar-refractivity contribution is -0.117. The van der Waals surface area contributed by atoms with Gasteiger partial charge in [-0.25, -0.2) is 9.97 Å². The monoisotopic (exact) mass is 512 g/mol. The highest BCUT2D eigenvalue weighted by Crippen LogP contribution is 2.28. The number of phenols is 1. The van der Waals surface area contributed by atoms with Crippen molar-refractivity contribution in [2.24, 2.45) is 10.2 Å². The van der Waals surface area contributed by atoms with E-state index in [1.807, 2.05) is 6.07 Å². The zero-order chi connectivity index (χ0) is 25.9. The molecule has 14 heteroatoms. The first-order valence-corrected chi connectivity index (χ1v) is 11.5. The summed E-state index contributed by atoms with van der Waals surface area (Å²) in [5.41, 5.74) is 0.0894. The Balaban J connectivity index is 1.61. The molecule has 0 aliphatic heterocycles. The van der Waals surface area contributed by atoms with Gasteiger partial charge < -0.3 is 15.4 Å². The molecule has 0 bridgehead atoms. The lowest BCUT2D eigenvalue weighted by Gasteiger charge is -2.13. The predicted molar refractivity (Wildman–Crippen MR) is 133 cm³/mol. The summed E-state index contributed by atoms with van der Waals surface area (Å²) < 4.78 is 5.39. The number of rotatable bonds is 6. The number of nitrogens with one attached hydrogen (secondary N) is 2. The van der Waals surface area contributed by atoms with E-state index in [4.69, 9.17) is 0 Å². The summed E-state index contributed by atoms with van der Waals surface area (Å²) in [6.45, 7) is 1.71. The number of hydrogen-bond acceptors (Lipinski definition) is 11. The molecule has 0 saturated carbocycles. The second-order valence-electron chi connectivity index (χ2n) is 7.62. The number of amides is 1. The molecule has 2 aromatic carbocycles. The maximum Gasteiger partial charge on any atom is 0.259 e. The molecule has 0 aliphatic rings. The number of carbonyl (C=O) groups excluding carboxylic acids is 1. The van der Waals surface area contributed by atoms with E-state index in [1.165, 1.54) is 23.0 Å². The van der Waals surface area contributed by atoms with Crippen molar-refractivity contribution in [3.05, 3.63) is 82.3 Å². The minimum Gasteiger partial charge on any atom is -0.506 e. The van der Waals surface area contributed by atoms with Gasteiger partial charge in [-0.2, -0.15) is 24.5 Å². The van der Waals surface area contributed by atoms with Gasteiger partial charge in [0.25, 0.3) is 11.5 Å². The molecule has 1 atom stereocenters. The Bertz CT molecular complexity index is 1760. The van der Waals surface area contributed by atoms with Crippen LogP contribution >= 0.6 is 11.5 Å². The van der Waals surface area contributed by atoms with Crippen LogP contribution in [0.15, 0.2) is 69.8 Å². The first-order valence-electron chi connectivity index (χ1n) is 10.7. The Morgan fingerprint density at radius 3 is 2.76 bits per heavy atom. The number of nitrogens with zero attached hydrogens (tertiary/aromatic N) is 8. The first-order chi connectivity index (χ1) is 17.9. The van der Waals surface area contributed by atoms with Crippen LogP contribution in [0, 0.1) is 18.3 Å². The molecule has 0 fully saturated rings. The summed E-state index contributed by atoms with van der Waals surface area (Å²) in [6, 6.07) is 13.3. The summed E-state index contributed by atoms with van der Waals surface area (Å²) in [7, 11) is 0. The van der Waals surface area contributed by atoms with Gasteiger partial charge in [0.1, 0.15) is 29.0 Å². The number of H-pyrrole nitrogens is 1. The van der Waals surface area contributed by atoms with E-state index in [1.54, 1.807) is 43.3 Å².